The molecule has 2 aromatic rings. The van der Waals surface area contributed by atoms with Crippen LogP contribution >= 0.6 is 0 Å². The van der Waals surface area contributed by atoms with E-state index in [0.717, 1.165) is 0 Å². The number of hydrogen-bond donors (Lipinski definition) is 0. The number of nitrogens with zero attached hydrogens (tertiary/aromatic N) is 2. The quantitative estimate of drug-likeness (QED) is 0.827. The van der Waals surface area contributed by atoms with E-state index in [4.69, 9.17) is 13.9 Å². The highest BCUT2D eigenvalue weighted by Gasteiger charge is 2.52. The fraction of sp³-hybridized carbons (Fsp3) is 0.444. The lowest BCUT2D eigenvalue weighted by Gasteiger charge is -2.26. The summed E-state index contributed by atoms with van der Waals surface area (Å²) < 4.78 is 30.2. The van der Waals surface area contributed by atoms with Crippen molar-refractivity contribution >= 4 is 5.91 Å². The van der Waals surface area contributed by atoms with Crippen LogP contribution in [0.2, 0.25) is 0 Å². The van der Waals surface area contributed by atoms with Crippen LogP contribution in [0.25, 0.3) is 0 Å². The van der Waals surface area contributed by atoms with Crippen LogP contribution in [-0.2, 0) is 16.0 Å². The van der Waals surface area contributed by atoms with Crippen LogP contribution in [0, 0.1) is 17.2 Å². The van der Waals surface area contributed by atoms with Crippen LogP contribution in [-0.4, -0.2) is 48.7 Å². The van der Waals surface area contributed by atoms with E-state index >= 15 is 0 Å². The third-order valence-electron chi connectivity index (χ3n) is 5.00. The molecule has 4 heterocycles. The van der Waals surface area contributed by atoms with Gasteiger partial charge in [0, 0.05) is 25.2 Å². The third kappa shape index (κ3) is 3.11. The number of amides is 1. The maximum absolute atomic E-state index is 13.7. The Hall–Kier alpha value is -2.41. The Balaban J connectivity index is 1.43. The van der Waals surface area contributed by atoms with Crippen LogP contribution in [0.15, 0.2) is 41.1 Å². The molecule has 0 N–H and O–H groups in total. The van der Waals surface area contributed by atoms with E-state index in [1.165, 1.54) is 18.3 Å². The largest absolute Gasteiger partial charge is 0.475 e. The summed E-state index contributed by atoms with van der Waals surface area (Å²) in [6.45, 7) is 2.50. The van der Waals surface area contributed by atoms with Crippen molar-refractivity contribution in [2.75, 3.05) is 32.9 Å². The minimum Gasteiger partial charge on any atom is -0.475 e. The van der Waals surface area contributed by atoms with Crippen LogP contribution < -0.4 is 4.74 Å². The molecule has 0 aliphatic carbocycles. The summed E-state index contributed by atoms with van der Waals surface area (Å²) in [6, 6.07) is 6.40. The second kappa shape index (κ2) is 6.48. The van der Waals surface area contributed by atoms with Gasteiger partial charge in [0.1, 0.15) is 5.76 Å². The Morgan fingerprint density at radius 1 is 1.44 bits per heavy atom. The molecule has 2 saturated heterocycles. The van der Waals surface area contributed by atoms with Gasteiger partial charge in [-0.05, 0) is 24.3 Å². The molecular weight excluding hydrogens is 327 g/mol. The molecule has 7 heteroatoms. The number of pyridine rings is 1. The van der Waals surface area contributed by atoms with Gasteiger partial charge in [-0.1, -0.05) is 0 Å². The molecule has 2 aliphatic rings. The van der Waals surface area contributed by atoms with Gasteiger partial charge < -0.3 is 18.8 Å². The summed E-state index contributed by atoms with van der Waals surface area (Å²) in [5, 5.41) is 0. The highest BCUT2D eigenvalue weighted by atomic mass is 19.1. The standard InChI is InChI=1S/C18H19FN2O4/c19-15-4-1-5-20-17(15)25-12-18-10-21(8-13(18)9-23-11-18)16(22)7-14-3-2-6-24-14/h1-6,13H,7-12H2/t13-,18+/m1/s1. The van der Waals surface area contributed by atoms with Crippen molar-refractivity contribution in [3.8, 4) is 5.88 Å². The van der Waals surface area contributed by atoms with Crippen molar-refractivity contribution in [1.29, 1.82) is 0 Å². The Labute approximate surface area is 144 Å². The normalized spacial score (nSPS) is 25.2. The predicted octanol–water partition coefficient (Wildman–Crippen LogP) is 1.91. The molecule has 2 fully saturated rings. The zero-order valence-corrected chi connectivity index (χ0v) is 13.7. The van der Waals surface area contributed by atoms with E-state index in [1.54, 1.807) is 18.4 Å². The number of aromatic nitrogens is 1. The van der Waals surface area contributed by atoms with Crippen LogP contribution in [0.5, 0.6) is 5.88 Å². The minimum atomic E-state index is -0.488. The lowest BCUT2D eigenvalue weighted by Crippen LogP contribution is -2.38. The Morgan fingerprint density at radius 2 is 2.36 bits per heavy atom. The lowest BCUT2D eigenvalue weighted by atomic mass is 9.82. The molecule has 0 radical (unpaired) electrons. The van der Waals surface area contributed by atoms with Crippen molar-refractivity contribution in [1.82, 2.24) is 9.88 Å². The highest BCUT2D eigenvalue weighted by molar-refractivity contribution is 5.78. The summed E-state index contributed by atoms with van der Waals surface area (Å²) in [6.07, 6.45) is 3.30. The zero-order valence-electron chi connectivity index (χ0n) is 13.7. The summed E-state index contributed by atoms with van der Waals surface area (Å²) in [5.41, 5.74) is -0.317. The second-order valence-electron chi connectivity index (χ2n) is 6.68. The number of hydrogen-bond acceptors (Lipinski definition) is 5. The highest BCUT2D eigenvalue weighted by Crippen LogP contribution is 2.41. The van der Waals surface area contributed by atoms with Crippen molar-refractivity contribution in [2.24, 2.45) is 11.3 Å². The monoisotopic (exact) mass is 346 g/mol. The van der Waals surface area contributed by atoms with Gasteiger partial charge in [-0.25, -0.2) is 9.37 Å². The van der Waals surface area contributed by atoms with E-state index in [1.807, 2.05) is 4.90 Å². The first-order valence-electron chi connectivity index (χ1n) is 8.27. The zero-order chi connectivity index (χ0) is 17.3. The van der Waals surface area contributed by atoms with Gasteiger partial charge >= 0.3 is 0 Å². The summed E-state index contributed by atoms with van der Waals surface area (Å²) in [5.74, 6) is 0.354. The molecule has 0 bridgehead atoms. The van der Waals surface area contributed by atoms with Crippen LogP contribution in [0.3, 0.4) is 0 Å². The molecule has 0 aromatic carbocycles. The Morgan fingerprint density at radius 3 is 3.16 bits per heavy atom. The smallest absolute Gasteiger partial charge is 0.250 e. The molecule has 4 rings (SSSR count). The van der Waals surface area contributed by atoms with Gasteiger partial charge in [0.25, 0.3) is 0 Å². The molecule has 132 valence electrons. The maximum atomic E-state index is 13.7. The fourth-order valence-corrected chi connectivity index (χ4v) is 3.59. The Kier molecular flexibility index (Phi) is 4.17. The molecule has 0 spiro atoms. The van der Waals surface area contributed by atoms with E-state index < -0.39 is 5.82 Å². The average molecular weight is 346 g/mol. The Bertz CT molecular complexity index is 751. The molecule has 1 amide bonds. The van der Waals surface area contributed by atoms with Crippen LogP contribution in [0.4, 0.5) is 4.39 Å². The van der Waals surface area contributed by atoms with Gasteiger partial charge in [-0.2, -0.15) is 0 Å². The number of halogens is 1. The first-order valence-corrected chi connectivity index (χ1v) is 8.27. The number of carbonyl (C=O) groups excluding carboxylic acids is 1. The molecule has 25 heavy (non-hydrogen) atoms. The van der Waals surface area contributed by atoms with E-state index in [2.05, 4.69) is 4.98 Å². The number of ether oxygens (including phenoxy) is 2. The molecule has 2 aromatic heterocycles. The SMILES string of the molecule is O=C(Cc1ccco1)N1C[C@@H]2COC[C@]2(COc2ncccc2F)C1. The van der Waals surface area contributed by atoms with E-state index in [-0.39, 0.29) is 36.1 Å². The molecule has 6 nitrogen and oxygen atoms in total. The average Bonchev–Trinajstić information content (AvgIpc) is 3.29. The van der Waals surface area contributed by atoms with Crippen molar-refractivity contribution in [2.45, 2.75) is 6.42 Å². The van der Waals surface area contributed by atoms with Gasteiger partial charge in [0.15, 0.2) is 5.82 Å². The van der Waals surface area contributed by atoms with Crippen molar-refractivity contribution in [3.05, 3.63) is 48.3 Å². The molecule has 2 atom stereocenters. The third-order valence-corrected chi connectivity index (χ3v) is 5.00. The summed E-state index contributed by atoms with van der Waals surface area (Å²) in [4.78, 5) is 18.3. The number of rotatable bonds is 5. The number of fused-ring (bicyclic) bond motifs is 1. The topological polar surface area (TPSA) is 64.8 Å². The van der Waals surface area contributed by atoms with Gasteiger partial charge in [-0.3, -0.25) is 4.79 Å². The predicted molar refractivity (Wildman–Crippen MR) is 85.4 cm³/mol. The summed E-state index contributed by atoms with van der Waals surface area (Å²) in [7, 11) is 0. The van der Waals surface area contributed by atoms with Gasteiger partial charge in [0.05, 0.1) is 37.9 Å². The van der Waals surface area contributed by atoms with Crippen LogP contribution in [0.1, 0.15) is 5.76 Å². The molecule has 0 saturated carbocycles. The minimum absolute atomic E-state index is 0.0112. The van der Waals surface area contributed by atoms with E-state index in [9.17, 15) is 9.18 Å². The maximum Gasteiger partial charge on any atom is 0.250 e. The number of furan rings is 1. The molecule has 2 aliphatic heterocycles. The molecule has 0 unspecified atom stereocenters. The first-order chi connectivity index (χ1) is 12.2. The van der Waals surface area contributed by atoms with Crippen molar-refractivity contribution in [3.63, 3.8) is 0 Å². The van der Waals surface area contributed by atoms with Gasteiger partial charge in [0.2, 0.25) is 11.8 Å². The summed E-state index contributed by atoms with van der Waals surface area (Å²) >= 11 is 0. The van der Waals surface area contributed by atoms with E-state index in [0.29, 0.717) is 32.1 Å². The lowest BCUT2D eigenvalue weighted by molar-refractivity contribution is -0.130. The van der Waals surface area contributed by atoms with Crippen molar-refractivity contribution < 1.29 is 23.1 Å². The first kappa shape index (κ1) is 16.1. The molecular formula is C18H19FN2O4. The fourth-order valence-electron chi connectivity index (χ4n) is 3.59. The second-order valence-corrected chi connectivity index (χ2v) is 6.68. The number of likely N-dealkylation sites (tertiary alicyclic amines) is 1. The number of carbonyl (C=O) groups is 1. The van der Waals surface area contributed by atoms with Gasteiger partial charge in [-0.15, -0.1) is 0 Å².